The van der Waals surface area contributed by atoms with Gasteiger partial charge in [-0.15, -0.1) is 0 Å². The van der Waals surface area contributed by atoms with Gasteiger partial charge in [-0.2, -0.15) is 13.2 Å². The molecule has 118 valence electrons. The van der Waals surface area contributed by atoms with E-state index < -0.39 is 17.8 Å². The maximum atomic E-state index is 12.6. The molecule has 0 unspecified atom stereocenters. The van der Waals surface area contributed by atoms with Crippen LogP contribution in [0.1, 0.15) is 29.9 Å². The molecule has 1 aromatic rings. The van der Waals surface area contributed by atoms with Gasteiger partial charge in [0.25, 0.3) is 5.91 Å². The Balaban J connectivity index is 2.89. The van der Waals surface area contributed by atoms with Gasteiger partial charge < -0.3 is 16.0 Å². The number of anilines is 1. The molecule has 0 radical (unpaired) electrons. The van der Waals surface area contributed by atoms with Gasteiger partial charge in [0.15, 0.2) is 0 Å². The Labute approximate surface area is 121 Å². The molecule has 0 saturated carbocycles. The van der Waals surface area contributed by atoms with Crippen molar-refractivity contribution in [1.29, 1.82) is 0 Å². The lowest BCUT2D eigenvalue weighted by molar-refractivity contribution is -0.141. The number of aromatic nitrogens is 1. The normalized spacial score (nSPS) is 12.0. The first-order valence-corrected chi connectivity index (χ1v) is 6.45. The van der Waals surface area contributed by atoms with Crippen molar-refractivity contribution in [2.75, 3.05) is 25.5 Å². The minimum absolute atomic E-state index is 0.0600. The lowest BCUT2D eigenvalue weighted by Gasteiger charge is -2.21. The Morgan fingerprint density at radius 3 is 2.52 bits per heavy atom. The van der Waals surface area contributed by atoms with Gasteiger partial charge in [0, 0.05) is 19.1 Å². The molecule has 0 atom stereocenters. The highest BCUT2D eigenvalue weighted by Gasteiger charge is 2.33. The summed E-state index contributed by atoms with van der Waals surface area (Å²) in [5.74, 6) is -0.967. The fraction of sp³-hybridized carbons (Fsp3) is 0.538. The largest absolute Gasteiger partial charge is 0.433 e. The molecule has 1 aromatic heterocycles. The third kappa shape index (κ3) is 4.89. The molecular formula is C13H19F3N4O. The molecule has 0 saturated heterocycles. The highest BCUT2D eigenvalue weighted by atomic mass is 19.4. The number of carbonyl (C=O) groups is 1. The van der Waals surface area contributed by atoms with E-state index in [0.717, 1.165) is 12.1 Å². The summed E-state index contributed by atoms with van der Waals surface area (Å²) < 4.78 is 37.9. The van der Waals surface area contributed by atoms with Crippen molar-refractivity contribution in [3.05, 3.63) is 23.4 Å². The van der Waals surface area contributed by atoms with E-state index in [0.29, 0.717) is 19.1 Å². The molecule has 1 rings (SSSR count). The Hall–Kier alpha value is -1.83. The summed E-state index contributed by atoms with van der Waals surface area (Å²) in [5.41, 5.74) is 4.02. The number of amides is 1. The van der Waals surface area contributed by atoms with Gasteiger partial charge in [-0.1, -0.05) is 0 Å². The lowest BCUT2D eigenvalue weighted by Crippen LogP contribution is -2.31. The number of rotatable bonds is 6. The number of nitrogens with two attached hydrogens (primary N) is 1. The zero-order valence-electron chi connectivity index (χ0n) is 12.2. The average molecular weight is 304 g/mol. The van der Waals surface area contributed by atoms with Crippen molar-refractivity contribution in [3.8, 4) is 0 Å². The lowest BCUT2D eigenvalue weighted by atomic mass is 10.2. The molecule has 3 N–H and O–H groups in total. The molecule has 0 aromatic carbocycles. The van der Waals surface area contributed by atoms with E-state index >= 15 is 0 Å². The van der Waals surface area contributed by atoms with E-state index in [9.17, 15) is 18.0 Å². The Kier molecular flexibility index (Phi) is 5.54. The molecule has 1 amide bonds. The second kappa shape index (κ2) is 6.75. The van der Waals surface area contributed by atoms with E-state index in [2.05, 4.69) is 10.3 Å². The summed E-state index contributed by atoms with van der Waals surface area (Å²) in [6.07, 6.45) is -4.57. The Bertz CT molecular complexity index is 503. The van der Waals surface area contributed by atoms with Crippen molar-refractivity contribution in [3.63, 3.8) is 0 Å². The molecular weight excluding hydrogens is 285 g/mol. The van der Waals surface area contributed by atoms with Crippen LogP contribution in [0.2, 0.25) is 0 Å². The van der Waals surface area contributed by atoms with E-state index in [1.807, 2.05) is 25.8 Å². The second-order valence-electron chi connectivity index (χ2n) is 4.96. The van der Waals surface area contributed by atoms with Gasteiger partial charge in [0.2, 0.25) is 0 Å². The van der Waals surface area contributed by atoms with Crippen LogP contribution in [0, 0.1) is 0 Å². The molecule has 0 spiro atoms. The molecule has 0 fully saturated rings. The molecule has 0 aliphatic heterocycles. The minimum atomic E-state index is -4.57. The first-order valence-electron chi connectivity index (χ1n) is 6.45. The predicted molar refractivity (Wildman–Crippen MR) is 74.0 cm³/mol. The number of alkyl halides is 3. The van der Waals surface area contributed by atoms with Crippen LogP contribution in [0.25, 0.3) is 0 Å². The summed E-state index contributed by atoms with van der Waals surface area (Å²) >= 11 is 0. The quantitative estimate of drug-likeness (QED) is 0.842. The number of pyridine rings is 1. The Morgan fingerprint density at radius 1 is 1.43 bits per heavy atom. The zero-order valence-corrected chi connectivity index (χ0v) is 12.2. The van der Waals surface area contributed by atoms with Gasteiger partial charge in [-0.05, 0) is 33.0 Å². The van der Waals surface area contributed by atoms with Crippen molar-refractivity contribution in [1.82, 2.24) is 9.88 Å². The second-order valence-corrected chi connectivity index (χ2v) is 4.96. The summed E-state index contributed by atoms with van der Waals surface area (Å²) in [5, 5.41) is 2.74. The first kappa shape index (κ1) is 17.2. The number of primary amides is 1. The van der Waals surface area contributed by atoms with Crippen LogP contribution in [-0.4, -0.2) is 42.0 Å². The van der Waals surface area contributed by atoms with Crippen LogP contribution in [0.5, 0.6) is 0 Å². The number of hydrogen-bond acceptors (Lipinski definition) is 4. The maximum absolute atomic E-state index is 12.6. The average Bonchev–Trinajstić information content (AvgIpc) is 2.36. The molecule has 1 heterocycles. The van der Waals surface area contributed by atoms with Crippen molar-refractivity contribution in [2.45, 2.75) is 26.1 Å². The Morgan fingerprint density at radius 2 is 2.05 bits per heavy atom. The molecule has 8 heteroatoms. The van der Waals surface area contributed by atoms with Crippen molar-refractivity contribution >= 4 is 11.7 Å². The fourth-order valence-electron chi connectivity index (χ4n) is 1.56. The first-order chi connectivity index (χ1) is 9.62. The highest BCUT2D eigenvalue weighted by Crippen LogP contribution is 2.29. The number of hydrogen-bond donors (Lipinski definition) is 2. The molecule has 0 bridgehead atoms. The summed E-state index contributed by atoms with van der Waals surface area (Å²) in [7, 11) is 1.89. The van der Waals surface area contributed by atoms with Crippen LogP contribution in [0.4, 0.5) is 19.0 Å². The standard InChI is InChI=1S/C13H19F3N4O/c1-8(2)20(3)7-6-18-12-9(11(17)21)4-5-10(19-12)13(14,15)16/h4-5,8H,6-7H2,1-3H3,(H2,17,21)(H,18,19). The molecule has 0 aliphatic carbocycles. The maximum Gasteiger partial charge on any atom is 0.433 e. The summed E-state index contributed by atoms with van der Waals surface area (Å²) in [6, 6.07) is 2.08. The highest BCUT2D eigenvalue weighted by molar-refractivity contribution is 5.97. The minimum Gasteiger partial charge on any atom is -0.368 e. The van der Waals surface area contributed by atoms with Gasteiger partial charge in [-0.3, -0.25) is 4.79 Å². The van der Waals surface area contributed by atoms with Gasteiger partial charge in [-0.25, -0.2) is 4.98 Å². The van der Waals surface area contributed by atoms with Crippen molar-refractivity contribution in [2.24, 2.45) is 5.73 Å². The predicted octanol–water partition coefficient (Wildman–Crippen LogP) is 1.95. The van der Waals surface area contributed by atoms with E-state index in [1.54, 1.807) is 0 Å². The van der Waals surface area contributed by atoms with Gasteiger partial charge in [0.05, 0.1) is 5.56 Å². The molecule has 5 nitrogen and oxygen atoms in total. The molecule has 0 aliphatic rings. The topological polar surface area (TPSA) is 71.2 Å². The third-order valence-electron chi connectivity index (χ3n) is 3.09. The van der Waals surface area contributed by atoms with Crippen LogP contribution < -0.4 is 11.1 Å². The number of halogens is 3. The molecule has 21 heavy (non-hydrogen) atoms. The van der Waals surface area contributed by atoms with E-state index in [1.165, 1.54) is 0 Å². The van der Waals surface area contributed by atoms with E-state index in [4.69, 9.17) is 5.73 Å². The van der Waals surface area contributed by atoms with Gasteiger partial charge >= 0.3 is 6.18 Å². The number of nitrogens with one attached hydrogen (secondary N) is 1. The number of nitrogens with zero attached hydrogens (tertiary/aromatic N) is 2. The summed E-state index contributed by atoms with van der Waals surface area (Å²) in [6.45, 7) is 4.94. The SMILES string of the molecule is CC(C)N(C)CCNc1nc(C(F)(F)F)ccc1C(N)=O. The number of likely N-dealkylation sites (N-methyl/N-ethyl adjacent to an activating group) is 1. The zero-order chi connectivity index (χ0) is 16.2. The fourth-order valence-corrected chi connectivity index (χ4v) is 1.56. The van der Waals surface area contributed by atoms with Crippen LogP contribution in [-0.2, 0) is 6.18 Å². The summed E-state index contributed by atoms with van der Waals surface area (Å²) in [4.78, 5) is 16.7. The number of carbonyl (C=O) groups excluding carboxylic acids is 1. The van der Waals surface area contributed by atoms with Crippen LogP contribution in [0.15, 0.2) is 12.1 Å². The van der Waals surface area contributed by atoms with Crippen LogP contribution >= 0.6 is 0 Å². The van der Waals surface area contributed by atoms with Gasteiger partial charge in [0.1, 0.15) is 11.5 Å². The third-order valence-corrected chi connectivity index (χ3v) is 3.09. The van der Waals surface area contributed by atoms with Crippen LogP contribution in [0.3, 0.4) is 0 Å². The van der Waals surface area contributed by atoms with Crippen molar-refractivity contribution < 1.29 is 18.0 Å². The van der Waals surface area contributed by atoms with E-state index in [-0.39, 0.29) is 11.4 Å². The monoisotopic (exact) mass is 304 g/mol. The smallest absolute Gasteiger partial charge is 0.368 e.